The van der Waals surface area contributed by atoms with Crippen molar-refractivity contribution in [2.75, 3.05) is 13.2 Å². The van der Waals surface area contributed by atoms with Crippen LogP contribution in [0.3, 0.4) is 0 Å². The number of carboxylic acid groups (broad SMARTS) is 1. The van der Waals surface area contributed by atoms with Gasteiger partial charge in [-0.25, -0.2) is 4.79 Å². The molecule has 2 rings (SSSR count). The fourth-order valence-electron chi connectivity index (χ4n) is 1.87. The molecule has 2 atom stereocenters. The van der Waals surface area contributed by atoms with Gasteiger partial charge in [0.25, 0.3) is 5.91 Å². The number of carboxylic acids is 1. The standard InChI is InChI=1S/C9H13NO4/c11-8(7-2-1-5-14-7)10-4-3-6(10)9(12)13/h6-7H,1-5H2,(H,12,13)/t6?,7-/m0/s1. The third kappa shape index (κ3) is 1.48. The summed E-state index contributed by atoms with van der Waals surface area (Å²) in [6, 6.07) is -0.619. The van der Waals surface area contributed by atoms with Crippen LogP contribution in [-0.2, 0) is 14.3 Å². The van der Waals surface area contributed by atoms with Gasteiger partial charge in [0.15, 0.2) is 0 Å². The molecule has 2 saturated heterocycles. The van der Waals surface area contributed by atoms with Gasteiger partial charge in [-0.05, 0) is 19.3 Å². The van der Waals surface area contributed by atoms with Crippen molar-refractivity contribution in [2.24, 2.45) is 0 Å². The molecule has 0 spiro atoms. The van der Waals surface area contributed by atoms with E-state index >= 15 is 0 Å². The van der Waals surface area contributed by atoms with Gasteiger partial charge < -0.3 is 14.7 Å². The SMILES string of the molecule is O=C(O)C1CCN1C(=O)[C@@H]1CCCO1. The lowest BCUT2D eigenvalue weighted by Crippen LogP contribution is -2.57. The van der Waals surface area contributed by atoms with Crippen molar-refractivity contribution in [1.82, 2.24) is 4.90 Å². The Morgan fingerprint density at radius 3 is 2.57 bits per heavy atom. The highest BCUT2D eigenvalue weighted by Crippen LogP contribution is 2.23. The lowest BCUT2D eigenvalue weighted by Gasteiger charge is -2.39. The minimum Gasteiger partial charge on any atom is -0.480 e. The van der Waals surface area contributed by atoms with Gasteiger partial charge in [0, 0.05) is 13.2 Å². The summed E-state index contributed by atoms with van der Waals surface area (Å²) in [5.41, 5.74) is 0. The molecule has 2 aliphatic heterocycles. The Balaban J connectivity index is 1.94. The summed E-state index contributed by atoms with van der Waals surface area (Å²) in [4.78, 5) is 23.8. The normalized spacial score (nSPS) is 31.3. The number of rotatable bonds is 2. The second kappa shape index (κ2) is 3.57. The number of hydrogen-bond donors (Lipinski definition) is 1. The number of carbonyl (C=O) groups excluding carboxylic acids is 1. The zero-order valence-electron chi connectivity index (χ0n) is 7.81. The molecule has 1 N–H and O–H groups in total. The number of amides is 1. The summed E-state index contributed by atoms with van der Waals surface area (Å²) in [7, 11) is 0. The molecule has 14 heavy (non-hydrogen) atoms. The molecular weight excluding hydrogens is 186 g/mol. The molecule has 78 valence electrons. The van der Waals surface area contributed by atoms with Crippen LogP contribution in [0.5, 0.6) is 0 Å². The van der Waals surface area contributed by atoms with Gasteiger partial charge in [-0.1, -0.05) is 0 Å². The molecule has 0 radical (unpaired) electrons. The largest absolute Gasteiger partial charge is 0.480 e. The van der Waals surface area contributed by atoms with Crippen molar-refractivity contribution < 1.29 is 19.4 Å². The van der Waals surface area contributed by atoms with Crippen LogP contribution in [0, 0.1) is 0 Å². The van der Waals surface area contributed by atoms with E-state index in [1.807, 2.05) is 0 Å². The maximum Gasteiger partial charge on any atom is 0.326 e. The Morgan fingerprint density at radius 1 is 1.36 bits per heavy atom. The maximum atomic E-state index is 11.7. The van der Waals surface area contributed by atoms with Crippen molar-refractivity contribution >= 4 is 11.9 Å². The van der Waals surface area contributed by atoms with E-state index in [9.17, 15) is 9.59 Å². The summed E-state index contributed by atoms with van der Waals surface area (Å²) in [6.07, 6.45) is 1.79. The highest BCUT2D eigenvalue weighted by atomic mass is 16.5. The first-order valence-corrected chi connectivity index (χ1v) is 4.85. The third-order valence-corrected chi connectivity index (χ3v) is 2.79. The third-order valence-electron chi connectivity index (χ3n) is 2.79. The number of likely N-dealkylation sites (tertiary alicyclic amines) is 1. The number of hydrogen-bond acceptors (Lipinski definition) is 3. The average Bonchev–Trinajstić information content (AvgIpc) is 2.51. The summed E-state index contributed by atoms with van der Waals surface area (Å²) in [5, 5.41) is 8.76. The Hall–Kier alpha value is -1.10. The van der Waals surface area contributed by atoms with Crippen LogP contribution in [0.1, 0.15) is 19.3 Å². The zero-order valence-corrected chi connectivity index (χ0v) is 7.81. The first kappa shape index (κ1) is 9.45. The van der Waals surface area contributed by atoms with Gasteiger partial charge in [-0.15, -0.1) is 0 Å². The molecule has 1 unspecified atom stereocenters. The minimum absolute atomic E-state index is 0.152. The van der Waals surface area contributed by atoms with Crippen LogP contribution in [-0.4, -0.2) is 47.2 Å². The minimum atomic E-state index is -0.914. The van der Waals surface area contributed by atoms with Crippen molar-refractivity contribution in [3.8, 4) is 0 Å². The second-order valence-electron chi connectivity index (χ2n) is 3.68. The molecule has 5 nitrogen and oxygen atoms in total. The Kier molecular flexibility index (Phi) is 2.41. The van der Waals surface area contributed by atoms with Crippen LogP contribution < -0.4 is 0 Å². The van der Waals surface area contributed by atoms with E-state index in [-0.39, 0.29) is 5.91 Å². The summed E-state index contributed by atoms with van der Waals surface area (Å²) in [6.45, 7) is 1.16. The van der Waals surface area contributed by atoms with Gasteiger partial charge in [0.05, 0.1) is 0 Å². The van der Waals surface area contributed by atoms with Gasteiger partial charge in [-0.3, -0.25) is 4.79 Å². The lowest BCUT2D eigenvalue weighted by atomic mass is 10.0. The Morgan fingerprint density at radius 2 is 2.14 bits per heavy atom. The molecule has 0 aromatic carbocycles. The first-order valence-electron chi connectivity index (χ1n) is 4.85. The zero-order chi connectivity index (χ0) is 10.1. The monoisotopic (exact) mass is 199 g/mol. The van der Waals surface area contributed by atoms with Crippen LogP contribution in [0.2, 0.25) is 0 Å². The summed E-state index contributed by atoms with van der Waals surface area (Å²) in [5.74, 6) is -1.07. The van der Waals surface area contributed by atoms with Gasteiger partial charge in [0.2, 0.25) is 0 Å². The fourth-order valence-corrected chi connectivity index (χ4v) is 1.87. The lowest BCUT2D eigenvalue weighted by molar-refractivity contribution is -0.162. The van der Waals surface area contributed by atoms with E-state index in [1.165, 1.54) is 4.90 Å². The summed E-state index contributed by atoms with van der Waals surface area (Å²) >= 11 is 0. The van der Waals surface area contributed by atoms with Crippen molar-refractivity contribution in [1.29, 1.82) is 0 Å². The van der Waals surface area contributed by atoms with Crippen LogP contribution in [0.15, 0.2) is 0 Å². The van der Waals surface area contributed by atoms with E-state index in [0.717, 1.165) is 12.8 Å². The molecule has 0 aromatic heterocycles. The quantitative estimate of drug-likeness (QED) is 0.671. The predicted molar refractivity (Wildman–Crippen MR) is 46.7 cm³/mol. The molecule has 5 heteroatoms. The van der Waals surface area contributed by atoms with Gasteiger partial charge in [-0.2, -0.15) is 0 Å². The van der Waals surface area contributed by atoms with E-state index in [4.69, 9.17) is 9.84 Å². The Labute approximate surface area is 81.6 Å². The van der Waals surface area contributed by atoms with Crippen LogP contribution in [0.4, 0.5) is 0 Å². The molecular formula is C9H13NO4. The van der Waals surface area contributed by atoms with Gasteiger partial charge in [0.1, 0.15) is 12.1 Å². The molecule has 2 heterocycles. The molecule has 0 aliphatic carbocycles. The van der Waals surface area contributed by atoms with E-state index in [0.29, 0.717) is 19.6 Å². The molecule has 2 aliphatic rings. The van der Waals surface area contributed by atoms with Crippen LogP contribution in [0.25, 0.3) is 0 Å². The van der Waals surface area contributed by atoms with Crippen molar-refractivity contribution in [2.45, 2.75) is 31.4 Å². The van der Waals surface area contributed by atoms with Crippen molar-refractivity contribution in [3.63, 3.8) is 0 Å². The number of carbonyl (C=O) groups is 2. The number of aliphatic carboxylic acids is 1. The molecule has 0 aromatic rings. The molecule has 2 fully saturated rings. The molecule has 0 bridgehead atoms. The van der Waals surface area contributed by atoms with E-state index < -0.39 is 18.1 Å². The second-order valence-corrected chi connectivity index (χ2v) is 3.68. The Bertz CT molecular complexity index is 260. The topological polar surface area (TPSA) is 66.8 Å². The highest BCUT2D eigenvalue weighted by molar-refractivity contribution is 5.88. The molecule has 0 saturated carbocycles. The van der Waals surface area contributed by atoms with E-state index in [2.05, 4.69) is 0 Å². The van der Waals surface area contributed by atoms with Gasteiger partial charge >= 0.3 is 5.97 Å². The number of nitrogens with zero attached hydrogens (tertiary/aromatic N) is 1. The maximum absolute atomic E-state index is 11.7. The summed E-state index contributed by atoms with van der Waals surface area (Å²) < 4.78 is 5.22. The van der Waals surface area contributed by atoms with E-state index in [1.54, 1.807) is 0 Å². The average molecular weight is 199 g/mol. The smallest absolute Gasteiger partial charge is 0.326 e. The fraction of sp³-hybridized carbons (Fsp3) is 0.778. The molecule has 1 amide bonds. The van der Waals surface area contributed by atoms with Crippen LogP contribution >= 0.6 is 0 Å². The predicted octanol–water partition coefficient (Wildman–Crippen LogP) is -0.149. The number of ether oxygens (including phenoxy) is 1. The highest BCUT2D eigenvalue weighted by Gasteiger charge is 2.41. The van der Waals surface area contributed by atoms with Crippen molar-refractivity contribution in [3.05, 3.63) is 0 Å². The first-order chi connectivity index (χ1) is 6.70.